The van der Waals surface area contributed by atoms with E-state index in [0.717, 1.165) is 22.8 Å². The van der Waals surface area contributed by atoms with E-state index in [1.807, 2.05) is 30.3 Å². The number of aldehydes is 1. The second kappa shape index (κ2) is 10.2. The van der Waals surface area contributed by atoms with E-state index >= 15 is 0 Å². The third-order valence-electron chi connectivity index (χ3n) is 4.45. The highest BCUT2D eigenvalue weighted by molar-refractivity contribution is 5.85. The summed E-state index contributed by atoms with van der Waals surface area (Å²) in [6.45, 7) is 5.71. The number of fused-ring (bicyclic) bond motifs is 1. The summed E-state index contributed by atoms with van der Waals surface area (Å²) in [6.07, 6.45) is 2.10. The molecule has 2 heterocycles. The molecule has 32 heavy (non-hydrogen) atoms. The number of methoxy groups -OCH3 is 1. The van der Waals surface area contributed by atoms with Gasteiger partial charge < -0.3 is 29.3 Å². The molecule has 170 valence electrons. The molecule has 0 fully saturated rings. The van der Waals surface area contributed by atoms with Crippen LogP contribution < -0.4 is 10.1 Å². The number of amides is 1. The molecule has 2 N–H and O–H groups in total. The van der Waals surface area contributed by atoms with Gasteiger partial charge in [-0.3, -0.25) is 0 Å². The number of nitrogens with zero attached hydrogens (tertiary/aromatic N) is 2. The Hall–Kier alpha value is -3.46. The average molecular weight is 441 g/mol. The highest BCUT2D eigenvalue weighted by atomic mass is 16.6. The molecule has 1 aromatic carbocycles. The maximum absolute atomic E-state index is 12.3. The van der Waals surface area contributed by atoms with E-state index in [0.29, 0.717) is 17.4 Å². The maximum Gasteiger partial charge on any atom is 0.408 e. The van der Waals surface area contributed by atoms with Crippen molar-refractivity contribution in [2.75, 3.05) is 20.3 Å². The minimum Gasteiger partial charge on any atom is -0.480 e. The molecular formula is C23H28N4O5. The van der Waals surface area contributed by atoms with Gasteiger partial charge in [0.1, 0.15) is 23.8 Å². The number of pyridine rings is 1. The summed E-state index contributed by atoms with van der Waals surface area (Å²) in [5.41, 5.74) is 1.59. The maximum atomic E-state index is 12.3. The van der Waals surface area contributed by atoms with Crippen LogP contribution in [0.4, 0.5) is 4.79 Å². The summed E-state index contributed by atoms with van der Waals surface area (Å²) in [5.74, 6) is 0.935. The molecule has 0 radical (unpaired) electrons. The lowest BCUT2D eigenvalue weighted by Gasteiger charge is -2.22. The normalized spacial score (nSPS) is 12.4. The molecule has 0 aliphatic heterocycles. The first kappa shape index (κ1) is 23.2. The van der Waals surface area contributed by atoms with Gasteiger partial charge >= 0.3 is 6.09 Å². The molecule has 1 atom stereocenters. The van der Waals surface area contributed by atoms with Crippen molar-refractivity contribution >= 4 is 23.3 Å². The summed E-state index contributed by atoms with van der Waals surface area (Å²) in [7, 11) is 1.56. The molecule has 1 amide bonds. The zero-order valence-corrected chi connectivity index (χ0v) is 18.7. The lowest BCUT2D eigenvalue weighted by Crippen LogP contribution is -2.37. The SMILES string of the molecule is COc1nc2ccccc2cc1-c1cnc([C@H](COCCC=O)NC(=O)OC(C)(C)C)[nH]1. The Balaban J connectivity index is 1.87. The fourth-order valence-electron chi connectivity index (χ4n) is 3.07. The van der Waals surface area contributed by atoms with Gasteiger partial charge in [0.2, 0.25) is 5.88 Å². The first-order valence-electron chi connectivity index (χ1n) is 10.3. The van der Waals surface area contributed by atoms with Crippen LogP contribution in [-0.4, -0.2) is 53.3 Å². The molecule has 0 aliphatic rings. The molecule has 0 unspecified atom stereocenters. The van der Waals surface area contributed by atoms with Gasteiger partial charge in [-0.15, -0.1) is 0 Å². The largest absolute Gasteiger partial charge is 0.480 e. The van der Waals surface area contributed by atoms with Gasteiger partial charge in [-0.2, -0.15) is 0 Å². The van der Waals surface area contributed by atoms with Gasteiger partial charge in [-0.05, 0) is 32.9 Å². The number of hydrogen-bond donors (Lipinski definition) is 2. The fraction of sp³-hybridized carbons (Fsp3) is 0.391. The zero-order valence-electron chi connectivity index (χ0n) is 18.7. The smallest absolute Gasteiger partial charge is 0.408 e. The quantitative estimate of drug-likeness (QED) is 0.384. The van der Waals surface area contributed by atoms with Crippen molar-refractivity contribution in [2.45, 2.75) is 38.8 Å². The number of aromatic nitrogens is 3. The van der Waals surface area contributed by atoms with Gasteiger partial charge in [0, 0.05) is 11.8 Å². The first-order valence-corrected chi connectivity index (χ1v) is 10.3. The number of para-hydroxylation sites is 1. The van der Waals surface area contributed by atoms with E-state index < -0.39 is 17.7 Å². The molecule has 0 saturated carbocycles. The average Bonchev–Trinajstić information content (AvgIpc) is 3.23. The lowest BCUT2D eigenvalue weighted by molar-refractivity contribution is -0.108. The Bertz CT molecular complexity index is 1070. The molecule has 0 aliphatic carbocycles. The Kier molecular flexibility index (Phi) is 7.42. The Morgan fingerprint density at radius 2 is 2.06 bits per heavy atom. The second-order valence-electron chi connectivity index (χ2n) is 8.15. The van der Waals surface area contributed by atoms with Crippen LogP contribution >= 0.6 is 0 Å². The van der Waals surface area contributed by atoms with Crippen LogP contribution in [0.15, 0.2) is 36.5 Å². The van der Waals surface area contributed by atoms with Crippen molar-refractivity contribution in [3.8, 4) is 17.1 Å². The van der Waals surface area contributed by atoms with Crippen LogP contribution in [0.5, 0.6) is 5.88 Å². The molecule has 2 aromatic heterocycles. The highest BCUT2D eigenvalue weighted by Gasteiger charge is 2.23. The number of hydrogen-bond acceptors (Lipinski definition) is 7. The predicted molar refractivity (Wildman–Crippen MR) is 119 cm³/mol. The topological polar surface area (TPSA) is 115 Å². The number of benzene rings is 1. The van der Waals surface area contributed by atoms with Gasteiger partial charge in [0.15, 0.2) is 0 Å². The van der Waals surface area contributed by atoms with Crippen LogP contribution in [0, 0.1) is 0 Å². The third-order valence-corrected chi connectivity index (χ3v) is 4.45. The summed E-state index contributed by atoms with van der Waals surface area (Å²) < 4.78 is 16.4. The number of nitrogens with one attached hydrogen (secondary N) is 2. The molecule has 9 heteroatoms. The number of rotatable bonds is 9. The minimum absolute atomic E-state index is 0.118. The summed E-state index contributed by atoms with van der Waals surface area (Å²) in [6, 6.07) is 9.10. The first-order chi connectivity index (χ1) is 15.3. The van der Waals surface area contributed by atoms with Crippen molar-refractivity contribution in [1.82, 2.24) is 20.3 Å². The number of aromatic amines is 1. The monoisotopic (exact) mass is 440 g/mol. The second-order valence-corrected chi connectivity index (χ2v) is 8.15. The molecule has 0 bridgehead atoms. The van der Waals surface area contributed by atoms with Gasteiger partial charge in [-0.25, -0.2) is 14.8 Å². The third kappa shape index (κ3) is 6.04. The van der Waals surface area contributed by atoms with Crippen LogP contribution in [0.25, 0.3) is 22.2 Å². The minimum atomic E-state index is -0.647. The summed E-state index contributed by atoms with van der Waals surface area (Å²) >= 11 is 0. The Morgan fingerprint density at radius 1 is 1.28 bits per heavy atom. The van der Waals surface area contributed by atoms with E-state index in [9.17, 15) is 9.59 Å². The van der Waals surface area contributed by atoms with Crippen molar-refractivity contribution in [2.24, 2.45) is 0 Å². The highest BCUT2D eigenvalue weighted by Crippen LogP contribution is 2.31. The van der Waals surface area contributed by atoms with Gasteiger partial charge in [0.05, 0.1) is 43.3 Å². The van der Waals surface area contributed by atoms with Gasteiger partial charge in [-0.1, -0.05) is 18.2 Å². The number of H-pyrrole nitrogens is 1. The van der Waals surface area contributed by atoms with Crippen LogP contribution in [0.3, 0.4) is 0 Å². The van der Waals surface area contributed by atoms with E-state index in [2.05, 4.69) is 20.3 Å². The van der Waals surface area contributed by atoms with Crippen molar-refractivity contribution in [3.63, 3.8) is 0 Å². The summed E-state index contributed by atoms with van der Waals surface area (Å²) in [4.78, 5) is 35.1. The van der Waals surface area contributed by atoms with E-state index in [1.165, 1.54) is 0 Å². The van der Waals surface area contributed by atoms with Gasteiger partial charge in [0.25, 0.3) is 0 Å². The van der Waals surface area contributed by atoms with Crippen LogP contribution in [-0.2, 0) is 14.3 Å². The Morgan fingerprint density at radius 3 is 2.78 bits per heavy atom. The number of imidazole rings is 1. The lowest BCUT2D eigenvalue weighted by atomic mass is 10.1. The Labute approximate surface area is 186 Å². The number of alkyl carbamates (subject to hydrolysis) is 1. The number of ether oxygens (including phenoxy) is 3. The van der Waals surface area contributed by atoms with Crippen molar-refractivity contribution < 1.29 is 23.8 Å². The number of carbonyl (C=O) groups excluding carboxylic acids is 2. The number of carbonyl (C=O) groups is 2. The standard InChI is InChI=1S/C23H28N4O5/c1-23(2,3)32-22(29)27-19(14-31-11-7-10-28)20-24-13-18(25-20)16-12-15-8-5-6-9-17(15)26-21(16)30-4/h5-6,8-10,12-13,19H,7,11,14H2,1-4H3,(H,24,25)(H,27,29)/t19-/m0/s1. The zero-order chi connectivity index (χ0) is 23.1. The van der Waals surface area contributed by atoms with E-state index in [1.54, 1.807) is 34.1 Å². The molecular weight excluding hydrogens is 412 g/mol. The van der Waals surface area contributed by atoms with Crippen LogP contribution in [0.1, 0.15) is 39.1 Å². The van der Waals surface area contributed by atoms with E-state index in [4.69, 9.17) is 14.2 Å². The molecule has 0 spiro atoms. The molecule has 3 aromatic rings. The van der Waals surface area contributed by atoms with E-state index in [-0.39, 0.29) is 19.6 Å². The fourth-order valence-corrected chi connectivity index (χ4v) is 3.07. The molecule has 3 rings (SSSR count). The van der Waals surface area contributed by atoms with Crippen molar-refractivity contribution in [3.05, 3.63) is 42.4 Å². The van der Waals surface area contributed by atoms with Crippen molar-refractivity contribution in [1.29, 1.82) is 0 Å². The molecule has 0 saturated heterocycles. The molecule has 9 nitrogen and oxygen atoms in total. The van der Waals surface area contributed by atoms with Crippen LogP contribution in [0.2, 0.25) is 0 Å². The predicted octanol–water partition coefficient (Wildman–Crippen LogP) is 3.80. The summed E-state index contributed by atoms with van der Waals surface area (Å²) in [5, 5.41) is 3.73.